The van der Waals surface area contributed by atoms with E-state index in [2.05, 4.69) is 4.72 Å². The summed E-state index contributed by atoms with van der Waals surface area (Å²) >= 11 is 0. The third-order valence-corrected chi connectivity index (χ3v) is 7.67. The van der Waals surface area contributed by atoms with Gasteiger partial charge in [-0.1, -0.05) is 19.1 Å². The summed E-state index contributed by atoms with van der Waals surface area (Å²) in [4.78, 5) is 14.0. The Kier molecular flexibility index (Phi) is 5.84. The fourth-order valence-electron chi connectivity index (χ4n) is 3.37. The second-order valence-corrected chi connectivity index (χ2v) is 10.9. The van der Waals surface area contributed by atoms with Gasteiger partial charge in [0, 0.05) is 31.0 Å². The standard InChI is InChI=1S/C20H24N2O5S2/c1-4-20(23)22-12-11-16-13-18(9-10-19(16)22)29(26,27)21-14(2)15-5-7-17(8-6-15)28(3,24)25/h5-10,13-14,21H,4,11-12H2,1-3H3/t14-/m0/s1. The number of amides is 1. The van der Waals surface area contributed by atoms with Crippen molar-refractivity contribution in [1.29, 1.82) is 0 Å². The molecule has 3 rings (SSSR count). The number of benzene rings is 2. The molecule has 9 heteroatoms. The van der Waals surface area contributed by atoms with Crippen LogP contribution in [0.15, 0.2) is 52.3 Å². The molecule has 2 aromatic carbocycles. The summed E-state index contributed by atoms with van der Waals surface area (Å²) in [6.45, 7) is 4.05. The smallest absolute Gasteiger partial charge is 0.241 e. The minimum atomic E-state index is -3.78. The van der Waals surface area contributed by atoms with Gasteiger partial charge in [-0.05, 0) is 54.8 Å². The van der Waals surface area contributed by atoms with E-state index in [-0.39, 0.29) is 15.7 Å². The molecule has 1 amide bonds. The number of hydrogen-bond acceptors (Lipinski definition) is 5. The number of sulfonamides is 1. The van der Waals surface area contributed by atoms with Gasteiger partial charge in [0.2, 0.25) is 15.9 Å². The number of carbonyl (C=O) groups is 1. The second kappa shape index (κ2) is 7.89. The van der Waals surface area contributed by atoms with E-state index in [9.17, 15) is 21.6 Å². The molecule has 0 saturated carbocycles. The topological polar surface area (TPSA) is 101 Å². The van der Waals surface area contributed by atoms with Crippen molar-refractivity contribution in [3.05, 3.63) is 53.6 Å². The molecule has 0 unspecified atom stereocenters. The molecule has 156 valence electrons. The molecule has 29 heavy (non-hydrogen) atoms. The number of anilines is 1. The van der Waals surface area contributed by atoms with Crippen molar-refractivity contribution in [1.82, 2.24) is 4.72 Å². The maximum Gasteiger partial charge on any atom is 0.241 e. The first-order valence-corrected chi connectivity index (χ1v) is 12.7. The number of carbonyl (C=O) groups excluding carboxylic acids is 1. The van der Waals surface area contributed by atoms with Crippen LogP contribution in [0.5, 0.6) is 0 Å². The summed E-state index contributed by atoms with van der Waals surface area (Å²) in [7, 11) is -7.09. The van der Waals surface area contributed by atoms with E-state index in [1.165, 1.54) is 18.2 Å². The number of fused-ring (bicyclic) bond motifs is 1. The lowest BCUT2D eigenvalue weighted by Crippen LogP contribution is -2.28. The molecule has 2 aromatic rings. The fourth-order valence-corrected chi connectivity index (χ4v) is 5.28. The van der Waals surface area contributed by atoms with Crippen LogP contribution in [0.2, 0.25) is 0 Å². The molecular weight excluding hydrogens is 412 g/mol. The molecule has 0 aromatic heterocycles. The van der Waals surface area contributed by atoms with Gasteiger partial charge in [-0.3, -0.25) is 4.79 Å². The molecule has 0 radical (unpaired) electrons. The molecule has 0 spiro atoms. The third-order valence-electron chi connectivity index (χ3n) is 5.00. The minimum Gasteiger partial charge on any atom is -0.312 e. The van der Waals surface area contributed by atoms with Crippen LogP contribution in [-0.4, -0.2) is 35.5 Å². The van der Waals surface area contributed by atoms with Crippen molar-refractivity contribution in [3.8, 4) is 0 Å². The molecule has 7 nitrogen and oxygen atoms in total. The summed E-state index contributed by atoms with van der Waals surface area (Å²) in [5, 5.41) is 0. The molecule has 0 bridgehead atoms. The quantitative estimate of drug-likeness (QED) is 0.750. The Morgan fingerprint density at radius 2 is 1.69 bits per heavy atom. The highest BCUT2D eigenvalue weighted by molar-refractivity contribution is 7.90. The van der Waals surface area contributed by atoms with Gasteiger partial charge in [-0.2, -0.15) is 0 Å². The van der Waals surface area contributed by atoms with Gasteiger partial charge in [0.1, 0.15) is 0 Å². The van der Waals surface area contributed by atoms with E-state index in [0.717, 1.165) is 17.5 Å². The molecule has 0 aliphatic carbocycles. The highest BCUT2D eigenvalue weighted by Crippen LogP contribution is 2.31. The molecule has 1 N–H and O–H groups in total. The molecule has 1 heterocycles. The van der Waals surface area contributed by atoms with Crippen molar-refractivity contribution in [2.75, 3.05) is 17.7 Å². The predicted octanol–water partition coefficient (Wildman–Crippen LogP) is 2.43. The first-order valence-electron chi connectivity index (χ1n) is 9.28. The third kappa shape index (κ3) is 4.52. The van der Waals surface area contributed by atoms with Crippen LogP contribution in [-0.2, 0) is 31.1 Å². The van der Waals surface area contributed by atoms with Crippen molar-refractivity contribution in [2.45, 2.75) is 42.5 Å². The molecule has 1 atom stereocenters. The monoisotopic (exact) mass is 436 g/mol. The van der Waals surface area contributed by atoms with E-state index >= 15 is 0 Å². The highest BCUT2D eigenvalue weighted by Gasteiger charge is 2.26. The predicted molar refractivity (Wildman–Crippen MR) is 111 cm³/mol. The zero-order valence-electron chi connectivity index (χ0n) is 16.5. The van der Waals surface area contributed by atoms with Gasteiger partial charge in [0.15, 0.2) is 9.84 Å². The Morgan fingerprint density at radius 1 is 1.07 bits per heavy atom. The van der Waals surface area contributed by atoms with E-state index in [1.807, 2.05) is 0 Å². The largest absolute Gasteiger partial charge is 0.312 e. The lowest BCUT2D eigenvalue weighted by molar-refractivity contribution is -0.118. The zero-order chi connectivity index (χ0) is 21.4. The lowest BCUT2D eigenvalue weighted by atomic mass is 10.1. The van der Waals surface area contributed by atoms with Crippen LogP contribution in [0.25, 0.3) is 0 Å². The number of hydrogen-bond donors (Lipinski definition) is 1. The van der Waals surface area contributed by atoms with Gasteiger partial charge in [-0.25, -0.2) is 21.6 Å². The van der Waals surface area contributed by atoms with Gasteiger partial charge in [0.05, 0.1) is 9.79 Å². The second-order valence-electron chi connectivity index (χ2n) is 7.12. The number of nitrogens with zero attached hydrogens (tertiary/aromatic N) is 1. The number of sulfone groups is 1. The summed E-state index contributed by atoms with van der Waals surface area (Å²) in [6.07, 6.45) is 2.14. The van der Waals surface area contributed by atoms with E-state index in [4.69, 9.17) is 0 Å². The van der Waals surface area contributed by atoms with E-state index in [0.29, 0.717) is 24.9 Å². The first-order chi connectivity index (χ1) is 13.5. The fraction of sp³-hybridized carbons (Fsp3) is 0.350. The Hall–Kier alpha value is -2.23. The Morgan fingerprint density at radius 3 is 2.28 bits per heavy atom. The first kappa shape index (κ1) is 21.5. The number of rotatable bonds is 6. The summed E-state index contributed by atoms with van der Waals surface area (Å²) in [5.41, 5.74) is 2.25. The SMILES string of the molecule is CCC(=O)N1CCc2cc(S(=O)(=O)N[C@@H](C)c3ccc(S(C)(=O)=O)cc3)ccc21. The maximum absolute atomic E-state index is 12.8. The molecule has 1 aliphatic heterocycles. The van der Waals surface area contributed by atoms with Crippen LogP contribution in [0.4, 0.5) is 5.69 Å². The number of nitrogens with one attached hydrogen (secondary N) is 1. The summed E-state index contributed by atoms with van der Waals surface area (Å²) in [5.74, 6) is 0.0173. The van der Waals surface area contributed by atoms with E-state index in [1.54, 1.807) is 43.0 Å². The van der Waals surface area contributed by atoms with Gasteiger partial charge >= 0.3 is 0 Å². The normalized spacial score (nSPS) is 15.2. The van der Waals surface area contributed by atoms with Gasteiger partial charge in [-0.15, -0.1) is 0 Å². The lowest BCUT2D eigenvalue weighted by Gasteiger charge is -2.18. The van der Waals surface area contributed by atoms with Crippen molar-refractivity contribution in [3.63, 3.8) is 0 Å². The summed E-state index contributed by atoms with van der Waals surface area (Å²) in [6, 6.07) is 10.4. The van der Waals surface area contributed by atoms with Crippen LogP contribution in [0, 0.1) is 0 Å². The molecular formula is C20H24N2O5S2. The Labute approximate surface area is 171 Å². The Bertz CT molecular complexity index is 1140. The van der Waals surface area contributed by atoms with Crippen LogP contribution >= 0.6 is 0 Å². The molecule has 1 aliphatic rings. The van der Waals surface area contributed by atoms with Crippen LogP contribution in [0.1, 0.15) is 37.4 Å². The summed E-state index contributed by atoms with van der Waals surface area (Å²) < 4.78 is 51.4. The highest BCUT2D eigenvalue weighted by atomic mass is 32.2. The minimum absolute atomic E-state index is 0.0173. The van der Waals surface area contributed by atoms with Gasteiger partial charge < -0.3 is 4.90 Å². The van der Waals surface area contributed by atoms with Crippen LogP contribution < -0.4 is 9.62 Å². The Balaban J connectivity index is 1.80. The van der Waals surface area contributed by atoms with Crippen molar-refractivity contribution in [2.24, 2.45) is 0 Å². The average Bonchev–Trinajstić information content (AvgIpc) is 3.09. The maximum atomic E-state index is 12.8. The van der Waals surface area contributed by atoms with Crippen LogP contribution in [0.3, 0.4) is 0 Å². The van der Waals surface area contributed by atoms with Crippen molar-refractivity contribution >= 4 is 31.5 Å². The van der Waals surface area contributed by atoms with Gasteiger partial charge in [0.25, 0.3) is 0 Å². The average molecular weight is 437 g/mol. The van der Waals surface area contributed by atoms with Crippen molar-refractivity contribution < 1.29 is 21.6 Å². The van der Waals surface area contributed by atoms with E-state index < -0.39 is 25.9 Å². The molecule has 0 fully saturated rings. The molecule has 0 saturated heterocycles. The zero-order valence-corrected chi connectivity index (χ0v) is 18.2.